The molecule has 7 nitrogen and oxygen atoms in total. The van der Waals surface area contributed by atoms with Crippen molar-refractivity contribution in [2.45, 2.75) is 0 Å². The summed E-state index contributed by atoms with van der Waals surface area (Å²) in [5.41, 5.74) is 3.19. The summed E-state index contributed by atoms with van der Waals surface area (Å²) in [6.07, 6.45) is 1.32. The van der Waals surface area contributed by atoms with E-state index in [-0.39, 0.29) is 16.3 Å². The second kappa shape index (κ2) is 10.8. The predicted molar refractivity (Wildman–Crippen MR) is 124 cm³/mol. The standard InChI is InChI=1S/C22H14Cl3N3O4/c23-14-7-10-16(18(25)11-14)22(31)32-15-8-5-13(6-9-15)12-26-28-21(30)20(29)27-19-4-2-1-3-17(19)24/h1-12H,(H,27,29)(H,28,30)/b26-12-. The number of carbonyl (C=O) groups excluding carboxylic acids is 3. The zero-order valence-electron chi connectivity index (χ0n) is 16.1. The first-order valence-corrected chi connectivity index (χ1v) is 10.1. The molecule has 0 atom stereocenters. The Labute approximate surface area is 197 Å². The van der Waals surface area contributed by atoms with Crippen molar-refractivity contribution in [3.05, 3.63) is 92.9 Å². The van der Waals surface area contributed by atoms with Gasteiger partial charge in [0.2, 0.25) is 0 Å². The van der Waals surface area contributed by atoms with E-state index in [9.17, 15) is 14.4 Å². The smallest absolute Gasteiger partial charge is 0.345 e. The molecule has 0 saturated heterocycles. The van der Waals surface area contributed by atoms with Crippen LogP contribution in [0, 0.1) is 0 Å². The highest BCUT2D eigenvalue weighted by atomic mass is 35.5. The minimum Gasteiger partial charge on any atom is -0.423 e. The van der Waals surface area contributed by atoms with Crippen molar-refractivity contribution in [1.29, 1.82) is 0 Å². The average molecular weight is 491 g/mol. The van der Waals surface area contributed by atoms with Gasteiger partial charge in [-0.3, -0.25) is 9.59 Å². The van der Waals surface area contributed by atoms with E-state index in [1.54, 1.807) is 36.4 Å². The van der Waals surface area contributed by atoms with Crippen LogP contribution >= 0.6 is 34.8 Å². The molecule has 0 fully saturated rings. The first kappa shape index (κ1) is 23.3. The highest BCUT2D eigenvalue weighted by molar-refractivity contribution is 6.41. The van der Waals surface area contributed by atoms with Crippen LogP contribution in [0.15, 0.2) is 71.8 Å². The average Bonchev–Trinajstić information content (AvgIpc) is 2.76. The van der Waals surface area contributed by atoms with Crippen LogP contribution in [0.2, 0.25) is 15.1 Å². The second-order valence-electron chi connectivity index (χ2n) is 6.22. The fraction of sp³-hybridized carbons (Fsp3) is 0. The van der Waals surface area contributed by atoms with E-state index in [2.05, 4.69) is 15.8 Å². The quantitative estimate of drug-likeness (QED) is 0.174. The molecule has 3 rings (SSSR count). The SMILES string of the molecule is O=C(N/N=C\c1ccc(OC(=O)c2ccc(Cl)cc2Cl)cc1)C(=O)Nc1ccccc1Cl. The van der Waals surface area contributed by atoms with Crippen LogP contribution < -0.4 is 15.5 Å². The first-order valence-electron chi connectivity index (χ1n) is 8.99. The number of halogens is 3. The minimum atomic E-state index is -0.966. The van der Waals surface area contributed by atoms with Crippen molar-refractivity contribution in [2.24, 2.45) is 5.10 Å². The maximum atomic E-state index is 12.2. The highest BCUT2D eigenvalue weighted by Gasteiger charge is 2.15. The van der Waals surface area contributed by atoms with Gasteiger partial charge in [0.05, 0.1) is 27.5 Å². The van der Waals surface area contributed by atoms with Gasteiger partial charge in [-0.05, 0) is 60.2 Å². The molecule has 0 aliphatic carbocycles. The van der Waals surface area contributed by atoms with Crippen molar-refractivity contribution in [3.8, 4) is 5.75 Å². The number of nitrogens with zero attached hydrogens (tertiary/aromatic N) is 1. The van der Waals surface area contributed by atoms with Crippen LogP contribution in [0.5, 0.6) is 5.75 Å². The number of hydrogen-bond donors (Lipinski definition) is 2. The van der Waals surface area contributed by atoms with Gasteiger partial charge in [-0.2, -0.15) is 5.10 Å². The Balaban J connectivity index is 1.53. The highest BCUT2D eigenvalue weighted by Crippen LogP contribution is 2.23. The van der Waals surface area contributed by atoms with E-state index in [0.29, 0.717) is 21.3 Å². The molecular weight excluding hydrogens is 477 g/mol. The van der Waals surface area contributed by atoms with E-state index in [4.69, 9.17) is 39.5 Å². The van der Waals surface area contributed by atoms with Crippen LogP contribution in [0.4, 0.5) is 5.69 Å². The van der Waals surface area contributed by atoms with Gasteiger partial charge in [0.1, 0.15) is 5.75 Å². The van der Waals surface area contributed by atoms with Crippen molar-refractivity contribution in [2.75, 3.05) is 5.32 Å². The number of amides is 2. The molecule has 0 spiro atoms. The molecule has 2 N–H and O–H groups in total. The van der Waals surface area contributed by atoms with Crippen molar-refractivity contribution in [3.63, 3.8) is 0 Å². The van der Waals surface area contributed by atoms with E-state index in [1.807, 2.05) is 0 Å². The van der Waals surface area contributed by atoms with Gasteiger partial charge in [0, 0.05) is 5.02 Å². The number of hydrogen-bond acceptors (Lipinski definition) is 5. The molecule has 0 radical (unpaired) electrons. The van der Waals surface area contributed by atoms with Gasteiger partial charge in [-0.1, -0.05) is 46.9 Å². The van der Waals surface area contributed by atoms with E-state index < -0.39 is 17.8 Å². The molecule has 32 heavy (non-hydrogen) atoms. The van der Waals surface area contributed by atoms with Crippen LogP contribution in [0.1, 0.15) is 15.9 Å². The number of anilines is 1. The number of benzene rings is 3. The van der Waals surface area contributed by atoms with E-state index in [1.165, 1.54) is 36.5 Å². The molecule has 0 heterocycles. The number of esters is 1. The molecule has 2 amide bonds. The second-order valence-corrected chi connectivity index (χ2v) is 7.47. The molecule has 0 saturated carbocycles. The summed E-state index contributed by atoms with van der Waals surface area (Å²) < 4.78 is 5.27. The maximum Gasteiger partial charge on any atom is 0.345 e. The Hall–Kier alpha value is -3.39. The first-order chi connectivity index (χ1) is 15.3. The summed E-state index contributed by atoms with van der Waals surface area (Å²) in [5.74, 6) is -2.24. The van der Waals surface area contributed by atoms with Gasteiger partial charge in [0.15, 0.2) is 0 Å². The Morgan fingerprint density at radius 3 is 2.25 bits per heavy atom. The molecule has 0 bridgehead atoms. The van der Waals surface area contributed by atoms with Gasteiger partial charge in [-0.15, -0.1) is 0 Å². The van der Waals surface area contributed by atoms with Gasteiger partial charge < -0.3 is 10.1 Å². The Bertz CT molecular complexity index is 1200. The van der Waals surface area contributed by atoms with Crippen LogP contribution in [0.3, 0.4) is 0 Å². The van der Waals surface area contributed by atoms with E-state index in [0.717, 1.165) is 0 Å². The summed E-state index contributed by atoms with van der Waals surface area (Å²) in [5, 5.41) is 7.00. The Morgan fingerprint density at radius 1 is 0.844 bits per heavy atom. The van der Waals surface area contributed by atoms with Crippen LogP contribution in [-0.4, -0.2) is 24.0 Å². The molecule has 0 aliphatic rings. The van der Waals surface area contributed by atoms with Crippen molar-refractivity contribution >= 4 is 64.5 Å². The zero-order chi connectivity index (χ0) is 23.1. The predicted octanol–water partition coefficient (Wildman–Crippen LogP) is 4.95. The summed E-state index contributed by atoms with van der Waals surface area (Å²) in [6.45, 7) is 0. The fourth-order valence-electron chi connectivity index (χ4n) is 2.40. The van der Waals surface area contributed by atoms with E-state index >= 15 is 0 Å². The molecular formula is C22H14Cl3N3O4. The zero-order valence-corrected chi connectivity index (χ0v) is 18.4. The number of rotatable bonds is 5. The number of carbonyl (C=O) groups is 3. The molecule has 3 aromatic carbocycles. The maximum absolute atomic E-state index is 12.2. The monoisotopic (exact) mass is 489 g/mol. The lowest BCUT2D eigenvalue weighted by Gasteiger charge is -2.06. The van der Waals surface area contributed by atoms with Gasteiger partial charge in [-0.25, -0.2) is 10.2 Å². The summed E-state index contributed by atoms with van der Waals surface area (Å²) in [4.78, 5) is 36.0. The molecule has 0 aliphatic heterocycles. The summed E-state index contributed by atoms with van der Waals surface area (Å²) in [7, 11) is 0. The molecule has 162 valence electrons. The van der Waals surface area contributed by atoms with Crippen LogP contribution in [-0.2, 0) is 9.59 Å². The third kappa shape index (κ3) is 6.31. The number of para-hydroxylation sites is 1. The minimum absolute atomic E-state index is 0.180. The molecule has 3 aromatic rings. The van der Waals surface area contributed by atoms with Gasteiger partial charge >= 0.3 is 17.8 Å². The normalized spacial score (nSPS) is 10.6. The third-order valence-electron chi connectivity index (χ3n) is 3.95. The number of nitrogens with one attached hydrogen (secondary N) is 2. The molecule has 10 heteroatoms. The topological polar surface area (TPSA) is 96.9 Å². The largest absolute Gasteiger partial charge is 0.423 e. The fourth-order valence-corrected chi connectivity index (χ4v) is 3.07. The number of hydrazone groups is 1. The lowest BCUT2D eigenvalue weighted by molar-refractivity contribution is -0.136. The number of ether oxygens (including phenoxy) is 1. The Kier molecular flexibility index (Phi) is 7.83. The Morgan fingerprint density at radius 2 is 1.56 bits per heavy atom. The third-order valence-corrected chi connectivity index (χ3v) is 4.83. The van der Waals surface area contributed by atoms with Gasteiger partial charge in [0.25, 0.3) is 0 Å². The van der Waals surface area contributed by atoms with Crippen molar-refractivity contribution < 1.29 is 19.1 Å². The molecule has 0 unspecified atom stereocenters. The molecule has 0 aromatic heterocycles. The summed E-state index contributed by atoms with van der Waals surface area (Å²) >= 11 is 17.8. The lowest BCUT2D eigenvalue weighted by Crippen LogP contribution is -2.32. The summed E-state index contributed by atoms with van der Waals surface area (Å²) in [6, 6.07) is 17.2. The van der Waals surface area contributed by atoms with Crippen LogP contribution in [0.25, 0.3) is 0 Å². The van der Waals surface area contributed by atoms with Crippen molar-refractivity contribution in [1.82, 2.24) is 5.43 Å². The lowest BCUT2D eigenvalue weighted by atomic mass is 10.2.